The van der Waals surface area contributed by atoms with Gasteiger partial charge in [-0.2, -0.15) is 0 Å². The first-order chi connectivity index (χ1) is 11.2. The Labute approximate surface area is 140 Å². The van der Waals surface area contributed by atoms with Crippen LogP contribution in [0.25, 0.3) is 0 Å². The van der Waals surface area contributed by atoms with E-state index in [1.807, 2.05) is 36.6 Å². The summed E-state index contributed by atoms with van der Waals surface area (Å²) in [5.41, 5.74) is 1.86. The molecule has 1 fully saturated rings. The molecule has 0 unspecified atom stereocenters. The topological polar surface area (TPSA) is 51.2 Å². The molecule has 4 nitrogen and oxygen atoms in total. The second-order valence-electron chi connectivity index (χ2n) is 5.94. The van der Waals surface area contributed by atoms with Crippen molar-refractivity contribution < 1.29 is 9.53 Å². The lowest BCUT2D eigenvalue weighted by Gasteiger charge is -2.16. The van der Waals surface area contributed by atoms with Crippen LogP contribution in [0.2, 0.25) is 0 Å². The third-order valence-electron chi connectivity index (χ3n) is 4.05. The minimum Gasteiger partial charge on any atom is -0.490 e. The maximum Gasteiger partial charge on any atom is 0.226 e. The van der Waals surface area contributed by atoms with Crippen molar-refractivity contribution in [2.24, 2.45) is 0 Å². The SMILES string of the molecule is Cc1nc(CC(=O)NCc2ccccc2OC2CCCC2)cs1. The molecular formula is C18H22N2O2S. The molecule has 23 heavy (non-hydrogen) atoms. The number of rotatable bonds is 6. The number of benzene rings is 1. The number of hydrogen-bond donors (Lipinski definition) is 1. The lowest BCUT2D eigenvalue weighted by Crippen LogP contribution is -2.25. The van der Waals surface area contributed by atoms with Crippen LogP contribution in [-0.4, -0.2) is 17.0 Å². The van der Waals surface area contributed by atoms with E-state index in [4.69, 9.17) is 4.74 Å². The van der Waals surface area contributed by atoms with E-state index >= 15 is 0 Å². The molecule has 0 aliphatic heterocycles. The summed E-state index contributed by atoms with van der Waals surface area (Å²) in [6.45, 7) is 2.44. The average Bonchev–Trinajstić information content (AvgIpc) is 3.18. The van der Waals surface area contributed by atoms with E-state index in [0.29, 0.717) is 19.1 Å². The third kappa shape index (κ3) is 4.55. The molecule has 0 spiro atoms. The largest absolute Gasteiger partial charge is 0.490 e. The number of nitrogens with one attached hydrogen (secondary N) is 1. The normalized spacial score (nSPS) is 14.8. The fourth-order valence-electron chi connectivity index (χ4n) is 2.86. The number of para-hydroxylation sites is 1. The highest BCUT2D eigenvalue weighted by atomic mass is 32.1. The predicted octanol–water partition coefficient (Wildman–Crippen LogP) is 3.63. The van der Waals surface area contributed by atoms with Gasteiger partial charge in [-0.3, -0.25) is 4.79 Å². The van der Waals surface area contributed by atoms with Crippen LogP contribution in [0.15, 0.2) is 29.6 Å². The number of carbonyl (C=O) groups excluding carboxylic acids is 1. The summed E-state index contributed by atoms with van der Waals surface area (Å²) in [5.74, 6) is 0.884. The van der Waals surface area contributed by atoms with Gasteiger partial charge < -0.3 is 10.1 Å². The smallest absolute Gasteiger partial charge is 0.226 e. The molecule has 1 heterocycles. The second-order valence-corrected chi connectivity index (χ2v) is 7.01. The van der Waals surface area contributed by atoms with Crippen molar-refractivity contribution in [1.29, 1.82) is 0 Å². The molecule has 1 aromatic carbocycles. The fourth-order valence-corrected chi connectivity index (χ4v) is 3.47. The Balaban J connectivity index is 1.55. The van der Waals surface area contributed by atoms with Crippen LogP contribution in [0.1, 0.15) is 41.9 Å². The number of aryl methyl sites for hydroxylation is 1. The molecule has 1 N–H and O–H groups in total. The summed E-state index contributed by atoms with van der Waals surface area (Å²) in [4.78, 5) is 16.4. The highest BCUT2D eigenvalue weighted by Crippen LogP contribution is 2.26. The van der Waals surface area contributed by atoms with Crippen molar-refractivity contribution in [2.75, 3.05) is 0 Å². The highest BCUT2D eigenvalue weighted by molar-refractivity contribution is 7.09. The molecule has 0 saturated heterocycles. The molecule has 1 aliphatic carbocycles. The molecule has 1 aliphatic rings. The minimum absolute atomic E-state index is 0.00836. The Bertz CT molecular complexity index is 663. The molecule has 0 radical (unpaired) electrons. The lowest BCUT2D eigenvalue weighted by atomic mass is 10.2. The number of aromatic nitrogens is 1. The molecule has 5 heteroatoms. The Morgan fingerprint density at radius 1 is 1.35 bits per heavy atom. The van der Waals surface area contributed by atoms with Crippen LogP contribution < -0.4 is 10.1 Å². The number of nitrogens with zero attached hydrogens (tertiary/aromatic N) is 1. The quantitative estimate of drug-likeness (QED) is 0.880. The van der Waals surface area contributed by atoms with E-state index in [1.165, 1.54) is 12.8 Å². The maximum atomic E-state index is 12.1. The van der Waals surface area contributed by atoms with E-state index < -0.39 is 0 Å². The molecule has 122 valence electrons. The van der Waals surface area contributed by atoms with E-state index in [1.54, 1.807) is 11.3 Å². The lowest BCUT2D eigenvalue weighted by molar-refractivity contribution is -0.120. The van der Waals surface area contributed by atoms with Crippen molar-refractivity contribution in [3.05, 3.63) is 45.9 Å². The van der Waals surface area contributed by atoms with Gasteiger partial charge in [0.15, 0.2) is 0 Å². The summed E-state index contributed by atoms with van der Waals surface area (Å²) in [5, 5.41) is 5.89. The van der Waals surface area contributed by atoms with E-state index in [9.17, 15) is 4.79 Å². The van der Waals surface area contributed by atoms with Crippen LogP contribution in [0.5, 0.6) is 5.75 Å². The van der Waals surface area contributed by atoms with Gasteiger partial charge in [-0.1, -0.05) is 18.2 Å². The second kappa shape index (κ2) is 7.59. The van der Waals surface area contributed by atoms with Gasteiger partial charge in [0.2, 0.25) is 5.91 Å². The first-order valence-corrected chi connectivity index (χ1v) is 9.01. The van der Waals surface area contributed by atoms with Crippen molar-refractivity contribution in [3.63, 3.8) is 0 Å². The molecular weight excluding hydrogens is 308 g/mol. The minimum atomic E-state index is -0.00836. The van der Waals surface area contributed by atoms with Crippen molar-refractivity contribution in [2.45, 2.75) is 51.7 Å². The van der Waals surface area contributed by atoms with Crippen LogP contribution in [0.3, 0.4) is 0 Å². The van der Waals surface area contributed by atoms with Gasteiger partial charge >= 0.3 is 0 Å². The summed E-state index contributed by atoms with van der Waals surface area (Å²) in [6.07, 6.45) is 5.40. The first-order valence-electron chi connectivity index (χ1n) is 8.13. The molecule has 1 aromatic heterocycles. The number of amides is 1. The number of hydrogen-bond acceptors (Lipinski definition) is 4. The monoisotopic (exact) mass is 330 g/mol. The predicted molar refractivity (Wildman–Crippen MR) is 91.7 cm³/mol. The summed E-state index contributed by atoms with van der Waals surface area (Å²) >= 11 is 1.57. The molecule has 0 atom stereocenters. The number of ether oxygens (including phenoxy) is 1. The van der Waals surface area contributed by atoms with Crippen LogP contribution in [0, 0.1) is 6.92 Å². The zero-order valence-corrected chi connectivity index (χ0v) is 14.2. The van der Waals surface area contributed by atoms with E-state index in [2.05, 4.69) is 10.3 Å². The van der Waals surface area contributed by atoms with Gasteiger partial charge in [-0.25, -0.2) is 4.98 Å². The summed E-state index contributed by atoms with van der Waals surface area (Å²) in [7, 11) is 0. The Morgan fingerprint density at radius 3 is 2.87 bits per heavy atom. The van der Waals surface area contributed by atoms with Crippen LogP contribution >= 0.6 is 11.3 Å². The van der Waals surface area contributed by atoms with Gasteiger partial charge in [-0.05, 0) is 38.7 Å². The highest BCUT2D eigenvalue weighted by Gasteiger charge is 2.18. The van der Waals surface area contributed by atoms with Gasteiger partial charge in [0.25, 0.3) is 0 Å². The maximum absolute atomic E-state index is 12.1. The molecule has 1 saturated carbocycles. The summed E-state index contributed by atoms with van der Waals surface area (Å²) < 4.78 is 6.10. The van der Waals surface area contributed by atoms with Crippen molar-refractivity contribution in [1.82, 2.24) is 10.3 Å². The molecule has 0 bridgehead atoms. The standard InChI is InChI=1S/C18H22N2O2S/c1-13-20-15(12-23-13)10-18(21)19-11-14-6-2-5-9-17(14)22-16-7-3-4-8-16/h2,5-6,9,12,16H,3-4,7-8,10-11H2,1H3,(H,19,21). The zero-order chi connectivity index (χ0) is 16.1. The van der Waals surface area contributed by atoms with Crippen molar-refractivity contribution in [3.8, 4) is 5.75 Å². The fraction of sp³-hybridized carbons (Fsp3) is 0.444. The zero-order valence-electron chi connectivity index (χ0n) is 13.4. The Hall–Kier alpha value is -1.88. The Kier molecular flexibility index (Phi) is 5.28. The Morgan fingerprint density at radius 2 is 2.13 bits per heavy atom. The molecule has 1 amide bonds. The van der Waals surface area contributed by atoms with E-state index in [-0.39, 0.29) is 5.91 Å². The summed E-state index contributed by atoms with van der Waals surface area (Å²) in [6, 6.07) is 7.96. The van der Waals surface area contributed by atoms with Gasteiger partial charge in [0, 0.05) is 17.5 Å². The van der Waals surface area contributed by atoms with Crippen LogP contribution in [-0.2, 0) is 17.8 Å². The average molecular weight is 330 g/mol. The molecule has 2 aromatic rings. The number of carbonyl (C=O) groups is 1. The van der Waals surface area contributed by atoms with Crippen LogP contribution in [0.4, 0.5) is 0 Å². The van der Waals surface area contributed by atoms with Gasteiger partial charge in [0.1, 0.15) is 5.75 Å². The first kappa shape index (κ1) is 16.0. The van der Waals surface area contributed by atoms with Gasteiger partial charge in [-0.15, -0.1) is 11.3 Å². The third-order valence-corrected chi connectivity index (χ3v) is 4.88. The van der Waals surface area contributed by atoms with Crippen molar-refractivity contribution >= 4 is 17.2 Å². The number of thiazole rings is 1. The molecule has 3 rings (SSSR count). The van der Waals surface area contributed by atoms with Gasteiger partial charge in [0.05, 0.1) is 23.2 Å². The van der Waals surface area contributed by atoms with E-state index in [0.717, 1.165) is 34.9 Å².